The minimum Gasteiger partial charge on any atom is -0.354 e. The minimum absolute atomic E-state index is 0.0501. The van der Waals surface area contributed by atoms with Crippen LogP contribution in [0.1, 0.15) is 59.9 Å². The Kier molecular flexibility index (Phi) is 9.10. The Morgan fingerprint density at radius 1 is 0.938 bits per heavy atom. The summed E-state index contributed by atoms with van der Waals surface area (Å²) in [5.41, 5.74) is 1.53. The average molecular weight is 460 g/mol. The van der Waals surface area contributed by atoms with E-state index in [2.05, 4.69) is 15.4 Å². The van der Waals surface area contributed by atoms with Crippen molar-refractivity contribution < 1.29 is 22.8 Å². The van der Waals surface area contributed by atoms with Gasteiger partial charge in [-0.25, -0.2) is 13.1 Å². The van der Waals surface area contributed by atoms with Gasteiger partial charge in [0.15, 0.2) is 5.78 Å². The second-order valence-corrected chi connectivity index (χ2v) is 9.25. The van der Waals surface area contributed by atoms with Gasteiger partial charge in [-0.3, -0.25) is 14.4 Å². The summed E-state index contributed by atoms with van der Waals surface area (Å²) in [6.07, 6.45) is 1.04. The molecule has 1 unspecified atom stereocenters. The van der Waals surface area contributed by atoms with Gasteiger partial charge in [-0.05, 0) is 50.1 Å². The summed E-state index contributed by atoms with van der Waals surface area (Å²) in [4.78, 5) is 35.3. The molecule has 32 heavy (non-hydrogen) atoms. The maximum atomic E-state index is 12.4. The molecule has 0 saturated heterocycles. The Balaban J connectivity index is 1.86. The maximum Gasteiger partial charge on any atom is 0.251 e. The van der Waals surface area contributed by atoms with Crippen LogP contribution in [-0.2, 0) is 21.4 Å². The fourth-order valence-electron chi connectivity index (χ4n) is 2.75. The van der Waals surface area contributed by atoms with E-state index in [0.717, 1.165) is 6.42 Å². The molecule has 0 bridgehead atoms. The van der Waals surface area contributed by atoms with E-state index in [1.807, 2.05) is 13.8 Å². The largest absolute Gasteiger partial charge is 0.354 e. The van der Waals surface area contributed by atoms with Gasteiger partial charge >= 0.3 is 0 Å². The molecule has 0 fully saturated rings. The number of hydrogen-bond donors (Lipinski definition) is 3. The summed E-state index contributed by atoms with van der Waals surface area (Å²) in [5, 5.41) is 5.53. The molecule has 9 heteroatoms. The first-order valence-corrected chi connectivity index (χ1v) is 11.9. The highest BCUT2D eigenvalue weighted by molar-refractivity contribution is 7.89. The summed E-state index contributed by atoms with van der Waals surface area (Å²) in [5.74, 6) is -0.558. The molecule has 0 aliphatic heterocycles. The predicted octanol–water partition coefficient (Wildman–Crippen LogP) is 2.40. The average Bonchev–Trinajstić information content (AvgIpc) is 2.78. The Morgan fingerprint density at radius 2 is 1.53 bits per heavy atom. The summed E-state index contributed by atoms with van der Waals surface area (Å²) in [7, 11) is -3.74. The van der Waals surface area contributed by atoms with Gasteiger partial charge in [-0.1, -0.05) is 31.2 Å². The monoisotopic (exact) mass is 459 g/mol. The Bertz CT molecular complexity index is 1050. The van der Waals surface area contributed by atoms with E-state index in [-0.39, 0.29) is 48.0 Å². The van der Waals surface area contributed by atoms with Crippen LogP contribution in [0.15, 0.2) is 53.4 Å². The number of amides is 2. The number of benzene rings is 2. The first-order valence-electron chi connectivity index (χ1n) is 10.4. The number of Topliss-reactive ketones (excluding diaryl/α,β-unsaturated/α-hetero) is 1. The maximum absolute atomic E-state index is 12.4. The van der Waals surface area contributed by atoms with Crippen molar-refractivity contribution in [1.82, 2.24) is 15.4 Å². The first-order chi connectivity index (χ1) is 15.1. The first kappa shape index (κ1) is 25.2. The quantitative estimate of drug-likeness (QED) is 0.446. The summed E-state index contributed by atoms with van der Waals surface area (Å²) >= 11 is 0. The number of nitrogens with one attached hydrogen (secondary N) is 3. The van der Waals surface area contributed by atoms with Gasteiger partial charge in [0, 0.05) is 36.7 Å². The van der Waals surface area contributed by atoms with E-state index >= 15 is 0 Å². The number of sulfonamides is 1. The zero-order chi connectivity index (χ0) is 23.7. The van der Waals surface area contributed by atoms with Crippen LogP contribution in [0.3, 0.4) is 0 Å². The van der Waals surface area contributed by atoms with E-state index in [9.17, 15) is 22.8 Å². The summed E-state index contributed by atoms with van der Waals surface area (Å²) in [6.45, 7) is 5.59. The second-order valence-electron chi connectivity index (χ2n) is 7.48. The number of carbonyl (C=O) groups is 3. The molecule has 1 atom stereocenters. The van der Waals surface area contributed by atoms with Crippen molar-refractivity contribution >= 4 is 27.6 Å². The molecular weight excluding hydrogens is 430 g/mol. The van der Waals surface area contributed by atoms with Crippen LogP contribution in [0.25, 0.3) is 0 Å². The third-order valence-corrected chi connectivity index (χ3v) is 6.33. The van der Waals surface area contributed by atoms with Gasteiger partial charge in [0.1, 0.15) is 0 Å². The van der Waals surface area contributed by atoms with Crippen LogP contribution in [0.4, 0.5) is 0 Å². The van der Waals surface area contributed by atoms with Crippen molar-refractivity contribution in [3.63, 3.8) is 0 Å². The van der Waals surface area contributed by atoms with Crippen molar-refractivity contribution in [2.75, 3.05) is 6.54 Å². The van der Waals surface area contributed by atoms with Crippen molar-refractivity contribution in [2.24, 2.45) is 0 Å². The van der Waals surface area contributed by atoms with E-state index < -0.39 is 10.0 Å². The molecule has 0 radical (unpaired) electrons. The molecule has 0 spiro atoms. The Morgan fingerprint density at radius 3 is 2.09 bits per heavy atom. The second kappa shape index (κ2) is 11.5. The molecule has 0 heterocycles. The fraction of sp³-hybridized carbons (Fsp3) is 0.348. The normalized spacial score (nSPS) is 12.1. The van der Waals surface area contributed by atoms with Crippen LogP contribution in [0.5, 0.6) is 0 Å². The lowest BCUT2D eigenvalue weighted by Crippen LogP contribution is -2.35. The molecule has 172 valence electrons. The van der Waals surface area contributed by atoms with Crippen LogP contribution >= 0.6 is 0 Å². The highest BCUT2D eigenvalue weighted by atomic mass is 32.2. The van der Waals surface area contributed by atoms with Gasteiger partial charge < -0.3 is 10.6 Å². The summed E-state index contributed by atoms with van der Waals surface area (Å²) < 4.78 is 27.4. The lowest BCUT2D eigenvalue weighted by Gasteiger charge is -2.11. The van der Waals surface area contributed by atoms with Crippen molar-refractivity contribution in [2.45, 2.75) is 51.1 Å². The zero-order valence-electron chi connectivity index (χ0n) is 18.5. The van der Waals surface area contributed by atoms with Crippen molar-refractivity contribution in [3.8, 4) is 0 Å². The van der Waals surface area contributed by atoms with Crippen molar-refractivity contribution in [3.05, 3.63) is 65.2 Å². The zero-order valence-corrected chi connectivity index (χ0v) is 19.3. The highest BCUT2D eigenvalue weighted by Crippen LogP contribution is 2.12. The van der Waals surface area contributed by atoms with Crippen LogP contribution in [0, 0.1) is 0 Å². The topological polar surface area (TPSA) is 121 Å². The highest BCUT2D eigenvalue weighted by Gasteiger charge is 2.14. The van der Waals surface area contributed by atoms with Crippen LogP contribution < -0.4 is 15.4 Å². The molecule has 2 aromatic carbocycles. The number of ketones is 1. The minimum atomic E-state index is -3.74. The van der Waals surface area contributed by atoms with Gasteiger partial charge in [0.25, 0.3) is 5.91 Å². The molecule has 2 aromatic rings. The molecule has 0 saturated carbocycles. The number of carbonyl (C=O) groups excluding carboxylic acids is 3. The van der Waals surface area contributed by atoms with E-state index in [1.165, 1.54) is 31.2 Å². The fourth-order valence-corrected chi connectivity index (χ4v) is 3.76. The van der Waals surface area contributed by atoms with Crippen molar-refractivity contribution in [1.29, 1.82) is 0 Å². The van der Waals surface area contributed by atoms with Gasteiger partial charge in [0.2, 0.25) is 15.9 Å². The van der Waals surface area contributed by atoms with E-state index in [4.69, 9.17) is 0 Å². The Labute approximate surface area is 188 Å². The van der Waals surface area contributed by atoms with Crippen LogP contribution in [0.2, 0.25) is 0 Å². The third kappa shape index (κ3) is 7.58. The van der Waals surface area contributed by atoms with Gasteiger partial charge in [-0.15, -0.1) is 0 Å². The standard InChI is InChI=1S/C23H29N3O5S/c1-4-16(2)26-22(28)13-14-24-23(29)20-7-5-18(6-8-20)15-25-32(30,31)21-11-9-19(10-12-21)17(3)27/h5-12,16,25H,4,13-15H2,1-3H3,(H,24,29)(H,26,28). The molecule has 2 amide bonds. The molecule has 8 nitrogen and oxygen atoms in total. The molecule has 0 aromatic heterocycles. The lowest BCUT2D eigenvalue weighted by atomic mass is 10.1. The third-order valence-electron chi connectivity index (χ3n) is 4.91. The van der Waals surface area contributed by atoms with E-state index in [1.54, 1.807) is 24.3 Å². The van der Waals surface area contributed by atoms with Gasteiger partial charge in [-0.2, -0.15) is 0 Å². The molecular formula is C23H29N3O5S. The predicted molar refractivity (Wildman–Crippen MR) is 122 cm³/mol. The molecule has 2 rings (SSSR count). The van der Waals surface area contributed by atoms with Gasteiger partial charge in [0.05, 0.1) is 4.90 Å². The number of rotatable bonds is 11. The number of hydrogen-bond acceptors (Lipinski definition) is 5. The van der Waals surface area contributed by atoms with E-state index in [0.29, 0.717) is 16.7 Å². The molecule has 3 N–H and O–H groups in total. The Hall–Kier alpha value is -3.04. The molecule has 0 aliphatic rings. The smallest absolute Gasteiger partial charge is 0.251 e. The summed E-state index contributed by atoms with van der Waals surface area (Å²) in [6, 6.07) is 12.3. The van der Waals surface area contributed by atoms with Crippen LogP contribution in [-0.4, -0.2) is 38.6 Å². The molecule has 0 aliphatic carbocycles. The SMILES string of the molecule is CCC(C)NC(=O)CCNC(=O)c1ccc(CNS(=O)(=O)c2ccc(C(C)=O)cc2)cc1. The lowest BCUT2D eigenvalue weighted by molar-refractivity contribution is -0.121.